The zero-order valence-electron chi connectivity index (χ0n) is 21.6. The summed E-state index contributed by atoms with van der Waals surface area (Å²) >= 11 is 0. The number of hydrogen-bond acceptors (Lipinski definition) is 4. The maximum absolute atomic E-state index is 12.5. The van der Waals surface area contributed by atoms with Crippen LogP contribution in [-0.4, -0.2) is 61.0 Å². The van der Waals surface area contributed by atoms with E-state index in [1.165, 1.54) is 0 Å². The lowest BCUT2D eigenvalue weighted by Crippen LogP contribution is -2.47. The van der Waals surface area contributed by atoms with Gasteiger partial charge in [-0.15, -0.1) is 0 Å². The molecule has 0 bridgehead atoms. The molecule has 5 heteroatoms. The minimum Gasteiger partial charge on any atom is -0.335 e. The Balaban J connectivity index is 1.44. The van der Waals surface area contributed by atoms with Crippen LogP contribution in [0, 0.1) is 0 Å². The summed E-state index contributed by atoms with van der Waals surface area (Å²) in [5.41, 5.74) is 0.739. The maximum atomic E-state index is 12.5. The van der Waals surface area contributed by atoms with Gasteiger partial charge in [-0.25, -0.2) is 0 Å². The summed E-state index contributed by atoms with van der Waals surface area (Å²) in [5, 5.41) is 6.65. The zero-order valence-corrected chi connectivity index (χ0v) is 21.6. The van der Waals surface area contributed by atoms with E-state index < -0.39 is 0 Å². The maximum Gasteiger partial charge on any atom is 0.255 e. The van der Waals surface area contributed by atoms with Crippen molar-refractivity contribution in [3.63, 3.8) is 0 Å². The quantitative estimate of drug-likeness (QED) is 0.155. The molecule has 0 aromatic carbocycles. The van der Waals surface area contributed by atoms with Crippen molar-refractivity contribution in [2.45, 2.75) is 64.7 Å². The largest absolute Gasteiger partial charge is 0.335 e. The van der Waals surface area contributed by atoms with Crippen LogP contribution in [-0.2, 0) is 4.79 Å². The Morgan fingerprint density at radius 1 is 0.857 bits per heavy atom. The fourth-order valence-corrected chi connectivity index (χ4v) is 3.72. The molecule has 0 atom stereocenters. The smallest absolute Gasteiger partial charge is 0.255 e. The highest BCUT2D eigenvalue weighted by molar-refractivity contribution is 6.12. The van der Waals surface area contributed by atoms with Gasteiger partial charge in [0, 0.05) is 32.1 Å². The first-order valence-electron chi connectivity index (χ1n) is 13.3. The second-order valence-electron chi connectivity index (χ2n) is 8.67. The first-order valence-corrected chi connectivity index (χ1v) is 13.3. The molecule has 0 spiro atoms. The second-order valence-corrected chi connectivity index (χ2v) is 8.67. The summed E-state index contributed by atoms with van der Waals surface area (Å²) in [5.74, 6) is 0.106. The number of carbonyl (C=O) groups is 1. The highest BCUT2D eigenvalue weighted by atomic mass is 16.2. The first kappa shape index (κ1) is 28.3. The number of nitrogens with zero attached hydrogens (tertiary/aromatic N) is 4. The van der Waals surface area contributed by atoms with Gasteiger partial charge in [-0.1, -0.05) is 73.8 Å². The standard InChI is InChI=1S/C30H44N4O/c1-2-3-4-5-6-7-8-9-10-11-12-13-14-15-16-17-18-19-23-32-34-26-24-33(25-27-34)30(35)29-21-20-22-31-28-29/h3-4,6-7,9-10,12-13,15-16,21,23,28H,2,5,8,11,14,17-20,22,24-27H2,1H3/b4-3-,7-6-,10-9-,13-12-,16-15-,32-23+. The highest BCUT2D eigenvalue weighted by Gasteiger charge is 2.22. The lowest BCUT2D eigenvalue weighted by atomic mass is 10.1. The molecule has 35 heavy (non-hydrogen) atoms. The first-order chi connectivity index (χ1) is 17.3. The zero-order chi connectivity index (χ0) is 24.8. The van der Waals surface area contributed by atoms with Gasteiger partial charge in [0.1, 0.15) is 0 Å². The molecule has 0 aromatic heterocycles. The van der Waals surface area contributed by atoms with Gasteiger partial charge in [-0.05, 0) is 57.8 Å². The number of aliphatic imine (C=N–C) groups is 1. The minimum absolute atomic E-state index is 0.106. The number of dihydropyridines is 1. The van der Waals surface area contributed by atoms with Crippen molar-refractivity contribution in [1.29, 1.82) is 0 Å². The molecule has 0 radical (unpaired) electrons. The number of amides is 1. The summed E-state index contributed by atoms with van der Waals surface area (Å²) < 4.78 is 0. The predicted molar refractivity (Wildman–Crippen MR) is 151 cm³/mol. The van der Waals surface area contributed by atoms with E-state index in [1.807, 2.05) is 17.2 Å². The van der Waals surface area contributed by atoms with Gasteiger partial charge in [0.2, 0.25) is 0 Å². The minimum atomic E-state index is 0.106. The number of hydrogen-bond donors (Lipinski definition) is 0. The van der Waals surface area contributed by atoms with Crippen molar-refractivity contribution < 1.29 is 4.79 Å². The number of piperazine rings is 1. The molecule has 1 fully saturated rings. The summed E-state index contributed by atoms with van der Waals surface area (Å²) in [6.07, 6.45) is 37.2. The molecule has 2 heterocycles. The van der Waals surface area contributed by atoms with Crippen molar-refractivity contribution in [2.75, 3.05) is 32.7 Å². The average molecular weight is 477 g/mol. The molecule has 2 aliphatic rings. The van der Waals surface area contributed by atoms with Gasteiger partial charge in [0.05, 0.1) is 18.7 Å². The van der Waals surface area contributed by atoms with Crippen molar-refractivity contribution in [2.24, 2.45) is 10.1 Å². The summed E-state index contributed by atoms with van der Waals surface area (Å²) in [4.78, 5) is 18.6. The molecule has 0 aliphatic carbocycles. The summed E-state index contributed by atoms with van der Waals surface area (Å²) in [7, 11) is 0. The van der Waals surface area contributed by atoms with Gasteiger partial charge >= 0.3 is 0 Å². The van der Waals surface area contributed by atoms with E-state index in [1.54, 1.807) is 6.21 Å². The van der Waals surface area contributed by atoms with E-state index >= 15 is 0 Å². The van der Waals surface area contributed by atoms with E-state index in [2.05, 4.69) is 82.8 Å². The monoisotopic (exact) mass is 476 g/mol. The van der Waals surface area contributed by atoms with E-state index in [0.29, 0.717) is 0 Å². The number of allylic oxidation sites excluding steroid dienone is 10. The molecule has 2 aliphatic heterocycles. The van der Waals surface area contributed by atoms with Crippen LogP contribution in [0.15, 0.2) is 82.5 Å². The Hall–Kier alpha value is -2.95. The fraction of sp³-hybridized carbons (Fsp3) is 0.500. The predicted octanol–water partition coefficient (Wildman–Crippen LogP) is 6.44. The van der Waals surface area contributed by atoms with Crippen LogP contribution in [0.2, 0.25) is 0 Å². The Kier molecular flexibility index (Phi) is 15.7. The summed E-state index contributed by atoms with van der Waals surface area (Å²) in [6.45, 7) is 5.98. The third-order valence-electron chi connectivity index (χ3n) is 5.75. The molecule has 0 unspecified atom stereocenters. The van der Waals surface area contributed by atoms with E-state index in [0.717, 1.165) is 96.1 Å². The number of rotatable bonds is 15. The van der Waals surface area contributed by atoms with Crippen LogP contribution in [0.4, 0.5) is 0 Å². The van der Waals surface area contributed by atoms with Crippen LogP contribution >= 0.6 is 0 Å². The van der Waals surface area contributed by atoms with Gasteiger partial charge in [-0.3, -0.25) is 14.8 Å². The molecule has 190 valence electrons. The molecular weight excluding hydrogens is 432 g/mol. The fourth-order valence-electron chi connectivity index (χ4n) is 3.72. The van der Waals surface area contributed by atoms with E-state index in [-0.39, 0.29) is 5.91 Å². The Morgan fingerprint density at radius 3 is 2.03 bits per heavy atom. The van der Waals surface area contributed by atoms with Crippen LogP contribution in [0.3, 0.4) is 0 Å². The van der Waals surface area contributed by atoms with Crippen LogP contribution in [0.25, 0.3) is 0 Å². The lowest BCUT2D eigenvalue weighted by molar-refractivity contribution is -0.128. The normalized spacial score (nSPS) is 17.5. The molecule has 1 saturated heterocycles. The van der Waals surface area contributed by atoms with Crippen LogP contribution < -0.4 is 0 Å². The van der Waals surface area contributed by atoms with Gasteiger partial charge < -0.3 is 4.90 Å². The lowest BCUT2D eigenvalue weighted by Gasteiger charge is -2.33. The van der Waals surface area contributed by atoms with E-state index in [9.17, 15) is 4.79 Å². The van der Waals surface area contributed by atoms with Crippen LogP contribution in [0.5, 0.6) is 0 Å². The third kappa shape index (κ3) is 13.5. The second kappa shape index (κ2) is 19.4. The molecular formula is C30H44N4O. The van der Waals surface area contributed by atoms with Crippen molar-refractivity contribution in [3.8, 4) is 0 Å². The van der Waals surface area contributed by atoms with Crippen LogP contribution in [0.1, 0.15) is 64.7 Å². The number of unbranched alkanes of at least 4 members (excludes halogenated alkanes) is 2. The summed E-state index contributed by atoms with van der Waals surface area (Å²) in [6, 6.07) is 0. The Labute approximate surface area is 213 Å². The highest BCUT2D eigenvalue weighted by Crippen LogP contribution is 2.10. The molecule has 1 amide bonds. The van der Waals surface area contributed by atoms with Crippen molar-refractivity contribution in [3.05, 3.63) is 72.4 Å². The molecule has 0 saturated carbocycles. The van der Waals surface area contributed by atoms with E-state index in [4.69, 9.17) is 0 Å². The third-order valence-corrected chi connectivity index (χ3v) is 5.75. The molecule has 0 aromatic rings. The Morgan fingerprint density at radius 2 is 1.46 bits per heavy atom. The van der Waals surface area contributed by atoms with Crippen molar-refractivity contribution >= 4 is 18.3 Å². The SMILES string of the molecule is CC/C=C\C/C=C\C/C=C\C/C=C\C/C=C\CCC/C=N/N1CCN(C(=O)C2=CCCN=C2)CC1. The number of hydrazone groups is 1. The topological polar surface area (TPSA) is 48.3 Å². The Bertz CT molecular complexity index is 821. The average Bonchev–Trinajstić information content (AvgIpc) is 2.90. The van der Waals surface area contributed by atoms with Gasteiger partial charge in [0.25, 0.3) is 5.91 Å². The number of carbonyl (C=O) groups excluding carboxylic acids is 1. The molecule has 5 nitrogen and oxygen atoms in total. The molecule has 2 rings (SSSR count). The molecule has 0 N–H and O–H groups in total. The van der Waals surface area contributed by atoms with Gasteiger partial charge in [0.15, 0.2) is 0 Å². The van der Waals surface area contributed by atoms with Gasteiger partial charge in [-0.2, -0.15) is 5.10 Å². The van der Waals surface area contributed by atoms with Crippen molar-refractivity contribution in [1.82, 2.24) is 9.91 Å².